The van der Waals surface area contributed by atoms with Crippen LogP contribution in [0.3, 0.4) is 0 Å². The van der Waals surface area contributed by atoms with Gasteiger partial charge in [-0.3, -0.25) is 4.98 Å². The zero-order valence-electron chi connectivity index (χ0n) is 11.8. The molecule has 0 aliphatic rings. The molecule has 114 valence electrons. The SMILES string of the molecule is O=C(NC(Cc1cccnc1)C(=O)O)OCc1ccccc1. The molecule has 0 radical (unpaired) electrons. The number of hydrogen-bond donors (Lipinski definition) is 2. The topological polar surface area (TPSA) is 88.5 Å². The number of aliphatic carboxylic acids is 1. The third kappa shape index (κ3) is 4.90. The van der Waals surface area contributed by atoms with Crippen molar-refractivity contribution in [1.29, 1.82) is 0 Å². The quantitative estimate of drug-likeness (QED) is 0.852. The molecule has 0 aliphatic carbocycles. The molecule has 0 saturated carbocycles. The third-order valence-corrected chi connectivity index (χ3v) is 2.97. The Labute approximate surface area is 127 Å². The van der Waals surface area contributed by atoms with Crippen molar-refractivity contribution in [2.24, 2.45) is 0 Å². The van der Waals surface area contributed by atoms with E-state index < -0.39 is 18.1 Å². The largest absolute Gasteiger partial charge is 0.480 e. The van der Waals surface area contributed by atoms with Crippen LogP contribution >= 0.6 is 0 Å². The van der Waals surface area contributed by atoms with E-state index in [1.807, 2.05) is 30.3 Å². The number of aromatic nitrogens is 1. The molecule has 6 heteroatoms. The molecule has 1 amide bonds. The molecular formula is C16H16N2O4. The van der Waals surface area contributed by atoms with Gasteiger partial charge in [0, 0.05) is 18.8 Å². The van der Waals surface area contributed by atoms with Gasteiger partial charge in [0.05, 0.1) is 0 Å². The van der Waals surface area contributed by atoms with E-state index in [-0.39, 0.29) is 13.0 Å². The van der Waals surface area contributed by atoms with E-state index in [4.69, 9.17) is 4.74 Å². The lowest BCUT2D eigenvalue weighted by Gasteiger charge is -2.14. The van der Waals surface area contributed by atoms with Crippen molar-refractivity contribution in [3.63, 3.8) is 0 Å². The van der Waals surface area contributed by atoms with Gasteiger partial charge in [-0.05, 0) is 17.2 Å². The van der Waals surface area contributed by atoms with E-state index in [1.54, 1.807) is 24.5 Å². The van der Waals surface area contributed by atoms with Crippen LogP contribution in [-0.4, -0.2) is 28.2 Å². The number of nitrogens with one attached hydrogen (secondary N) is 1. The van der Waals surface area contributed by atoms with E-state index in [0.29, 0.717) is 0 Å². The molecule has 0 aliphatic heterocycles. The summed E-state index contributed by atoms with van der Waals surface area (Å²) in [5.74, 6) is -1.12. The second-order valence-corrected chi connectivity index (χ2v) is 4.66. The Kier molecular flexibility index (Phi) is 5.48. The number of carboxylic acid groups (broad SMARTS) is 1. The number of amides is 1. The second kappa shape index (κ2) is 7.78. The van der Waals surface area contributed by atoms with Crippen LogP contribution in [0.5, 0.6) is 0 Å². The van der Waals surface area contributed by atoms with Crippen molar-refractivity contribution in [2.75, 3.05) is 0 Å². The van der Waals surface area contributed by atoms with E-state index in [1.165, 1.54) is 0 Å². The smallest absolute Gasteiger partial charge is 0.408 e. The van der Waals surface area contributed by atoms with Gasteiger partial charge in [-0.2, -0.15) is 0 Å². The molecule has 1 aromatic heterocycles. The maximum absolute atomic E-state index is 11.7. The summed E-state index contributed by atoms with van der Waals surface area (Å²) in [6.45, 7) is 0.0892. The molecule has 2 rings (SSSR count). The molecule has 1 aromatic carbocycles. The highest BCUT2D eigenvalue weighted by atomic mass is 16.5. The first-order valence-corrected chi connectivity index (χ1v) is 6.74. The summed E-state index contributed by atoms with van der Waals surface area (Å²) in [6, 6.07) is 11.6. The molecule has 0 saturated heterocycles. The Morgan fingerprint density at radius 2 is 1.86 bits per heavy atom. The lowest BCUT2D eigenvalue weighted by molar-refractivity contribution is -0.139. The molecule has 2 N–H and O–H groups in total. The Morgan fingerprint density at radius 1 is 1.14 bits per heavy atom. The number of pyridine rings is 1. The van der Waals surface area contributed by atoms with Gasteiger partial charge in [0.1, 0.15) is 12.6 Å². The lowest BCUT2D eigenvalue weighted by atomic mass is 10.1. The average molecular weight is 300 g/mol. The Balaban J connectivity index is 1.88. The number of ether oxygens (including phenoxy) is 1. The van der Waals surface area contributed by atoms with Gasteiger partial charge in [0.25, 0.3) is 0 Å². The minimum atomic E-state index is -1.12. The van der Waals surface area contributed by atoms with Crippen molar-refractivity contribution in [3.8, 4) is 0 Å². The summed E-state index contributed by atoms with van der Waals surface area (Å²) in [5.41, 5.74) is 1.55. The third-order valence-electron chi connectivity index (χ3n) is 2.97. The van der Waals surface area contributed by atoms with Crippen LogP contribution in [0.15, 0.2) is 54.9 Å². The zero-order valence-corrected chi connectivity index (χ0v) is 11.8. The van der Waals surface area contributed by atoms with Crippen LogP contribution in [0.4, 0.5) is 4.79 Å². The standard InChI is InChI=1S/C16H16N2O4/c19-15(20)14(9-13-7-4-8-17-10-13)18-16(21)22-11-12-5-2-1-3-6-12/h1-8,10,14H,9,11H2,(H,18,21)(H,19,20). The number of carbonyl (C=O) groups is 2. The first kappa shape index (κ1) is 15.5. The van der Waals surface area contributed by atoms with E-state index in [2.05, 4.69) is 10.3 Å². The van der Waals surface area contributed by atoms with Crippen molar-refractivity contribution in [1.82, 2.24) is 10.3 Å². The van der Waals surface area contributed by atoms with Gasteiger partial charge in [-0.15, -0.1) is 0 Å². The molecule has 22 heavy (non-hydrogen) atoms. The summed E-state index contributed by atoms with van der Waals surface area (Å²) >= 11 is 0. The molecule has 0 spiro atoms. The Bertz CT molecular complexity index is 617. The fourth-order valence-corrected chi connectivity index (χ4v) is 1.86. The van der Waals surface area contributed by atoms with E-state index in [0.717, 1.165) is 11.1 Å². The number of carboxylic acids is 1. The van der Waals surface area contributed by atoms with Gasteiger partial charge in [0.15, 0.2) is 0 Å². The molecule has 1 heterocycles. The average Bonchev–Trinajstić information content (AvgIpc) is 2.54. The van der Waals surface area contributed by atoms with Gasteiger partial charge in [0.2, 0.25) is 0 Å². The molecule has 2 aromatic rings. The molecular weight excluding hydrogens is 284 g/mol. The molecule has 6 nitrogen and oxygen atoms in total. The fourth-order valence-electron chi connectivity index (χ4n) is 1.86. The number of benzene rings is 1. The van der Waals surface area contributed by atoms with Crippen LogP contribution in [0.1, 0.15) is 11.1 Å². The number of rotatable bonds is 6. The monoisotopic (exact) mass is 300 g/mol. The minimum absolute atomic E-state index is 0.0892. The summed E-state index contributed by atoms with van der Waals surface area (Å²) in [6.07, 6.45) is 2.54. The van der Waals surface area contributed by atoms with Crippen LogP contribution in [-0.2, 0) is 22.6 Å². The Morgan fingerprint density at radius 3 is 2.50 bits per heavy atom. The molecule has 1 unspecified atom stereocenters. The summed E-state index contributed by atoms with van der Waals surface area (Å²) in [7, 11) is 0. The maximum atomic E-state index is 11.7. The van der Waals surface area contributed by atoms with Crippen LogP contribution < -0.4 is 5.32 Å². The van der Waals surface area contributed by atoms with Crippen LogP contribution in [0, 0.1) is 0 Å². The predicted molar refractivity (Wildman–Crippen MR) is 79.1 cm³/mol. The van der Waals surface area contributed by atoms with E-state index in [9.17, 15) is 14.7 Å². The van der Waals surface area contributed by atoms with Gasteiger partial charge in [-0.1, -0.05) is 36.4 Å². The van der Waals surface area contributed by atoms with Crippen molar-refractivity contribution in [2.45, 2.75) is 19.1 Å². The van der Waals surface area contributed by atoms with Gasteiger partial charge >= 0.3 is 12.1 Å². The molecule has 0 fully saturated rings. The highest BCUT2D eigenvalue weighted by Crippen LogP contribution is 2.04. The van der Waals surface area contributed by atoms with Crippen molar-refractivity contribution < 1.29 is 19.4 Å². The second-order valence-electron chi connectivity index (χ2n) is 4.66. The number of carbonyl (C=O) groups excluding carboxylic acids is 1. The van der Waals surface area contributed by atoms with Crippen molar-refractivity contribution in [3.05, 3.63) is 66.0 Å². The summed E-state index contributed by atoms with van der Waals surface area (Å²) < 4.78 is 5.02. The highest BCUT2D eigenvalue weighted by Gasteiger charge is 2.21. The Hall–Kier alpha value is -2.89. The number of nitrogens with zero attached hydrogens (tertiary/aromatic N) is 1. The molecule has 1 atom stereocenters. The minimum Gasteiger partial charge on any atom is -0.480 e. The lowest BCUT2D eigenvalue weighted by Crippen LogP contribution is -2.42. The first-order chi connectivity index (χ1) is 10.6. The normalized spacial score (nSPS) is 11.5. The fraction of sp³-hybridized carbons (Fsp3) is 0.188. The van der Waals surface area contributed by atoms with Crippen LogP contribution in [0.2, 0.25) is 0 Å². The van der Waals surface area contributed by atoms with Crippen molar-refractivity contribution >= 4 is 12.1 Å². The zero-order chi connectivity index (χ0) is 15.8. The van der Waals surface area contributed by atoms with E-state index >= 15 is 0 Å². The van der Waals surface area contributed by atoms with Crippen LogP contribution in [0.25, 0.3) is 0 Å². The highest BCUT2D eigenvalue weighted by molar-refractivity contribution is 5.80. The molecule has 0 bridgehead atoms. The van der Waals surface area contributed by atoms with Gasteiger partial charge < -0.3 is 15.2 Å². The number of hydrogen-bond acceptors (Lipinski definition) is 4. The predicted octanol–water partition coefficient (Wildman–Crippen LogP) is 2.00. The maximum Gasteiger partial charge on any atom is 0.408 e. The first-order valence-electron chi connectivity index (χ1n) is 6.74. The van der Waals surface area contributed by atoms with Gasteiger partial charge in [-0.25, -0.2) is 9.59 Å². The summed E-state index contributed by atoms with van der Waals surface area (Å²) in [5, 5.41) is 11.5. The number of alkyl carbamates (subject to hydrolysis) is 1. The summed E-state index contributed by atoms with van der Waals surface area (Å²) in [4.78, 5) is 26.8.